The van der Waals surface area contributed by atoms with Gasteiger partial charge < -0.3 is 15.4 Å². The molecule has 4 nitrogen and oxygen atoms in total. The summed E-state index contributed by atoms with van der Waals surface area (Å²) in [5, 5.41) is 0. The first-order valence-corrected chi connectivity index (χ1v) is 6.70. The van der Waals surface area contributed by atoms with E-state index in [0.717, 1.165) is 29.9 Å². The second-order valence-corrected chi connectivity index (χ2v) is 5.34. The minimum atomic E-state index is 0.225. The van der Waals surface area contributed by atoms with E-state index in [1.807, 2.05) is 6.07 Å². The number of anilines is 2. The molecule has 2 N–H and O–H groups in total. The highest BCUT2D eigenvalue weighted by molar-refractivity contribution is 9.10. The molecule has 1 saturated heterocycles. The Morgan fingerprint density at radius 1 is 1.65 bits per heavy atom. The number of morpholine rings is 1. The van der Waals surface area contributed by atoms with Gasteiger partial charge in [-0.3, -0.25) is 0 Å². The standard InChI is InChI=1S/C12H18BrN3O/c1-3-10-7-17-8(2)6-16(10)12-11(14)4-9(13)5-15-12/h4-5,8,10H,3,6-7,14H2,1-2H3. The summed E-state index contributed by atoms with van der Waals surface area (Å²) in [6, 6.07) is 2.26. The molecule has 2 rings (SSSR count). The van der Waals surface area contributed by atoms with E-state index in [1.54, 1.807) is 6.20 Å². The Kier molecular flexibility index (Phi) is 3.89. The SMILES string of the molecule is CCC1COC(C)CN1c1ncc(Br)cc1N. The van der Waals surface area contributed by atoms with Crippen LogP contribution in [0.2, 0.25) is 0 Å². The number of ether oxygens (including phenoxy) is 1. The topological polar surface area (TPSA) is 51.4 Å². The van der Waals surface area contributed by atoms with Crippen LogP contribution in [0.5, 0.6) is 0 Å². The van der Waals surface area contributed by atoms with Crippen LogP contribution in [0.25, 0.3) is 0 Å². The molecule has 1 aromatic rings. The molecule has 0 bridgehead atoms. The van der Waals surface area contributed by atoms with Crippen LogP contribution in [0.15, 0.2) is 16.7 Å². The summed E-state index contributed by atoms with van der Waals surface area (Å²) in [5.74, 6) is 0.871. The largest absolute Gasteiger partial charge is 0.396 e. The van der Waals surface area contributed by atoms with Crippen molar-refractivity contribution >= 4 is 27.4 Å². The van der Waals surface area contributed by atoms with Gasteiger partial charge >= 0.3 is 0 Å². The molecule has 1 aromatic heterocycles. The summed E-state index contributed by atoms with van der Waals surface area (Å²) in [7, 11) is 0. The van der Waals surface area contributed by atoms with Crippen molar-refractivity contribution in [1.29, 1.82) is 0 Å². The summed E-state index contributed by atoms with van der Waals surface area (Å²) in [4.78, 5) is 6.69. The molecule has 0 radical (unpaired) electrons. The van der Waals surface area contributed by atoms with Crippen LogP contribution < -0.4 is 10.6 Å². The molecule has 17 heavy (non-hydrogen) atoms. The minimum Gasteiger partial charge on any atom is -0.396 e. The molecule has 5 heteroatoms. The lowest BCUT2D eigenvalue weighted by Gasteiger charge is -2.39. The van der Waals surface area contributed by atoms with Gasteiger partial charge in [-0.25, -0.2) is 4.98 Å². The smallest absolute Gasteiger partial charge is 0.152 e. The number of pyridine rings is 1. The number of rotatable bonds is 2. The van der Waals surface area contributed by atoms with Crippen LogP contribution in [-0.2, 0) is 4.74 Å². The first-order valence-electron chi connectivity index (χ1n) is 5.91. The van der Waals surface area contributed by atoms with Crippen molar-refractivity contribution in [3.05, 3.63) is 16.7 Å². The van der Waals surface area contributed by atoms with Crippen LogP contribution in [-0.4, -0.2) is 30.3 Å². The Balaban J connectivity index is 2.28. The molecule has 0 amide bonds. The molecule has 2 heterocycles. The zero-order valence-electron chi connectivity index (χ0n) is 10.2. The molecule has 2 unspecified atom stereocenters. The average Bonchev–Trinajstić information content (AvgIpc) is 2.29. The van der Waals surface area contributed by atoms with Crippen LogP contribution in [0.3, 0.4) is 0 Å². The monoisotopic (exact) mass is 299 g/mol. The van der Waals surface area contributed by atoms with Crippen LogP contribution in [0.1, 0.15) is 20.3 Å². The fraction of sp³-hybridized carbons (Fsp3) is 0.583. The lowest BCUT2D eigenvalue weighted by molar-refractivity contribution is 0.0297. The lowest BCUT2D eigenvalue weighted by atomic mass is 10.1. The molecule has 0 saturated carbocycles. The van der Waals surface area contributed by atoms with E-state index in [2.05, 4.69) is 39.7 Å². The maximum atomic E-state index is 6.04. The summed E-state index contributed by atoms with van der Waals surface area (Å²) in [6.07, 6.45) is 3.05. The number of nitrogen functional groups attached to an aromatic ring is 1. The first kappa shape index (κ1) is 12.6. The number of nitrogens with two attached hydrogens (primary N) is 1. The molecule has 0 spiro atoms. The Morgan fingerprint density at radius 3 is 3.06 bits per heavy atom. The quantitative estimate of drug-likeness (QED) is 0.911. The highest BCUT2D eigenvalue weighted by atomic mass is 79.9. The van der Waals surface area contributed by atoms with Gasteiger partial charge in [0.25, 0.3) is 0 Å². The van der Waals surface area contributed by atoms with Gasteiger partial charge in [0, 0.05) is 17.2 Å². The minimum absolute atomic E-state index is 0.225. The molecule has 2 atom stereocenters. The Bertz CT molecular complexity index is 399. The van der Waals surface area contributed by atoms with E-state index >= 15 is 0 Å². The van der Waals surface area contributed by atoms with Gasteiger partial charge in [-0.05, 0) is 35.3 Å². The number of aromatic nitrogens is 1. The maximum absolute atomic E-state index is 6.04. The second-order valence-electron chi connectivity index (χ2n) is 4.42. The normalized spacial score (nSPS) is 25.0. The third-order valence-electron chi connectivity index (χ3n) is 3.07. The number of hydrogen-bond acceptors (Lipinski definition) is 4. The summed E-state index contributed by atoms with van der Waals surface area (Å²) < 4.78 is 6.59. The van der Waals surface area contributed by atoms with Crippen LogP contribution >= 0.6 is 15.9 Å². The van der Waals surface area contributed by atoms with Gasteiger partial charge in [0.1, 0.15) is 0 Å². The van der Waals surface area contributed by atoms with E-state index in [1.165, 1.54) is 0 Å². The third kappa shape index (κ3) is 2.72. The van der Waals surface area contributed by atoms with Crippen molar-refractivity contribution < 1.29 is 4.74 Å². The fourth-order valence-electron chi connectivity index (χ4n) is 2.13. The summed E-state index contributed by atoms with van der Waals surface area (Å²) >= 11 is 3.38. The van der Waals surface area contributed by atoms with Crippen molar-refractivity contribution in [2.45, 2.75) is 32.4 Å². The van der Waals surface area contributed by atoms with Gasteiger partial charge in [-0.2, -0.15) is 0 Å². The maximum Gasteiger partial charge on any atom is 0.152 e. The zero-order chi connectivity index (χ0) is 12.4. The van der Waals surface area contributed by atoms with E-state index in [4.69, 9.17) is 10.5 Å². The summed E-state index contributed by atoms with van der Waals surface area (Å²) in [5.41, 5.74) is 6.75. The molecule has 0 aromatic carbocycles. The van der Waals surface area contributed by atoms with Crippen molar-refractivity contribution in [3.63, 3.8) is 0 Å². The van der Waals surface area contributed by atoms with Gasteiger partial charge in [0.15, 0.2) is 5.82 Å². The fourth-order valence-corrected chi connectivity index (χ4v) is 2.48. The lowest BCUT2D eigenvalue weighted by Crippen LogP contribution is -2.49. The van der Waals surface area contributed by atoms with Crippen molar-refractivity contribution in [2.24, 2.45) is 0 Å². The predicted molar refractivity (Wildman–Crippen MR) is 73.2 cm³/mol. The van der Waals surface area contributed by atoms with E-state index in [-0.39, 0.29) is 6.10 Å². The van der Waals surface area contributed by atoms with Gasteiger partial charge in [-0.15, -0.1) is 0 Å². The number of hydrogen-bond donors (Lipinski definition) is 1. The molecular weight excluding hydrogens is 282 g/mol. The number of halogens is 1. The Hall–Kier alpha value is -0.810. The molecule has 94 valence electrons. The highest BCUT2D eigenvalue weighted by Crippen LogP contribution is 2.28. The van der Waals surface area contributed by atoms with E-state index in [9.17, 15) is 0 Å². The van der Waals surface area contributed by atoms with Crippen LogP contribution in [0, 0.1) is 0 Å². The van der Waals surface area contributed by atoms with Gasteiger partial charge in [-0.1, -0.05) is 6.92 Å². The number of nitrogens with zero attached hydrogens (tertiary/aromatic N) is 2. The predicted octanol–water partition coefficient (Wildman–Crippen LogP) is 2.43. The van der Waals surface area contributed by atoms with Gasteiger partial charge in [0.05, 0.1) is 24.4 Å². The highest BCUT2D eigenvalue weighted by Gasteiger charge is 2.27. The molecule has 1 fully saturated rings. The first-order chi connectivity index (χ1) is 8.11. The summed E-state index contributed by atoms with van der Waals surface area (Å²) in [6.45, 7) is 5.83. The van der Waals surface area contributed by atoms with E-state index < -0.39 is 0 Å². The Morgan fingerprint density at radius 2 is 2.41 bits per heavy atom. The van der Waals surface area contributed by atoms with Crippen molar-refractivity contribution in [3.8, 4) is 0 Å². The van der Waals surface area contributed by atoms with Crippen LogP contribution in [0.4, 0.5) is 11.5 Å². The zero-order valence-corrected chi connectivity index (χ0v) is 11.8. The molecule has 1 aliphatic heterocycles. The van der Waals surface area contributed by atoms with Gasteiger partial charge in [0.2, 0.25) is 0 Å². The molecular formula is C12H18BrN3O. The van der Waals surface area contributed by atoms with E-state index in [0.29, 0.717) is 11.7 Å². The van der Waals surface area contributed by atoms with Crippen molar-refractivity contribution in [1.82, 2.24) is 4.98 Å². The second kappa shape index (κ2) is 5.23. The third-order valence-corrected chi connectivity index (χ3v) is 3.51. The molecule has 1 aliphatic rings. The Labute approximate surface area is 110 Å². The van der Waals surface area contributed by atoms with Crippen molar-refractivity contribution in [2.75, 3.05) is 23.8 Å². The molecule has 0 aliphatic carbocycles. The average molecular weight is 300 g/mol.